The first-order valence-electron chi connectivity index (χ1n) is 4.35. The number of hydrogen-bond acceptors (Lipinski definition) is 2. The smallest absolute Gasteiger partial charge is 0.417 e. The normalized spacial score (nSPS) is 11.4. The van der Waals surface area contributed by atoms with Gasteiger partial charge >= 0.3 is 6.18 Å². The van der Waals surface area contributed by atoms with Crippen LogP contribution >= 0.6 is 27.5 Å². The van der Waals surface area contributed by atoms with Gasteiger partial charge in [0.2, 0.25) is 0 Å². The van der Waals surface area contributed by atoms with Gasteiger partial charge in [0.05, 0.1) is 28.6 Å². The molecule has 1 aromatic rings. The third kappa shape index (κ3) is 2.93. The minimum atomic E-state index is -4.61. The Morgan fingerprint density at radius 2 is 2.06 bits per heavy atom. The highest BCUT2D eigenvalue weighted by Gasteiger charge is 2.35. The molecule has 94 valence electrons. The van der Waals surface area contributed by atoms with E-state index < -0.39 is 22.5 Å². The van der Waals surface area contributed by atoms with Gasteiger partial charge in [-0.3, -0.25) is 4.79 Å². The standard InChI is InChI=1S/C10H7BrClF3O2/c1-17-7-3-2-5(10(13,14)15)9(12)8(7)6(16)4-11/h2-3H,4H2,1H3. The summed E-state index contributed by atoms with van der Waals surface area (Å²) in [6.45, 7) is 0. The molecule has 0 spiro atoms. The van der Waals surface area contributed by atoms with Crippen LogP contribution in [0.15, 0.2) is 12.1 Å². The van der Waals surface area contributed by atoms with Crippen LogP contribution in [-0.4, -0.2) is 18.2 Å². The number of alkyl halides is 4. The van der Waals surface area contributed by atoms with Gasteiger partial charge in [-0.1, -0.05) is 27.5 Å². The highest BCUT2D eigenvalue weighted by Crippen LogP contribution is 2.39. The Balaban J connectivity index is 3.48. The maximum Gasteiger partial charge on any atom is 0.417 e. The Labute approximate surface area is 109 Å². The van der Waals surface area contributed by atoms with Crippen LogP contribution in [0, 0.1) is 0 Å². The molecule has 0 fully saturated rings. The van der Waals surface area contributed by atoms with Crippen molar-refractivity contribution >= 4 is 33.3 Å². The molecule has 0 atom stereocenters. The fraction of sp³-hybridized carbons (Fsp3) is 0.300. The molecular weight excluding hydrogens is 324 g/mol. The van der Waals surface area contributed by atoms with E-state index in [1.54, 1.807) is 0 Å². The number of halogens is 5. The largest absolute Gasteiger partial charge is 0.496 e. The second-order valence-corrected chi connectivity index (χ2v) is 4.00. The Kier molecular flexibility index (Phi) is 4.43. The fourth-order valence-corrected chi connectivity index (χ4v) is 1.92. The number of Topliss-reactive ketones (excluding diaryl/α,β-unsaturated/α-hetero) is 1. The zero-order valence-corrected chi connectivity index (χ0v) is 10.9. The van der Waals surface area contributed by atoms with E-state index in [-0.39, 0.29) is 16.6 Å². The molecule has 0 saturated heterocycles. The lowest BCUT2D eigenvalue weighted by Crippen LogP contribution is -2.11. The Morgan fingerprint density at radius 1 is 1.47 bits per heavy atom. The van der Waals surface area contributed by atoms with Crippen LogP contribution in [0.1, 0.15) is 15.9 Å². The zero-order valence-electron chi connectivity index (χ0n) is 8.57. The summed E-state index contributed by atoms with van der Waals surface area (Å²) in [6.07, 6.45) is -4.61. The van der Waals surface area contributed by atoms with E-state index in [9.17, 15) is 18.0 Å². The predicted molar refractivity (Wildman–Crippen MR) is 61.1 cm³/mol. The highest BCUT2D eigenvalue weighted by molar-refractivity contribution is 9.09. The van der Waals surface area contributed by atoms with Crippen molar-refractivity contribution in [2.75, 3.05) is 12.4 Å². The van der Waals surface area contributed by atoms with E-state index in [0.29, 0.717) is 0 Å². The third-order valence-corrected chi connectivity index (χ3v) is 2.93. The SMILES string of the molecule is COc1ccc(C(F)(F)F)c(Cl)c1C(=O)CBr. The van der Waals surface area contributed by atoms with Crippen molar-refractivity contribution in [2.24, 2.45) is 0 Å². The third-order valence-electron chi connectivity index (χ3n) is 2.03. The van der Waals surface area contributed by atoms with E-state index in [1.165, 1.54) is 7.11 Å². The van der Waals surface area contributed by atoms with Gasteiger partial charge in [0.1, 0.15) is 5.75 Å². The lowest BCUT2D eigenvalue weighted by molar-refractivity contribution is -0.137. The summed E-state index contributed by atoms with van der Waals surface area (Å²) in [7, 11) is 1.25. The van der Waals surface area contributed by atoms with Crippen molar-refractivity contribution in [1.82, 2.24) is 0 Å². The lowest BCUT2D eigenvalue weighted by Gasteiger charge is -2.14. The van der Waals surface area contributed by atoms with Crippen molar-refractivity contribution in [1.29, 1.82) is 0 Å². The van der Waals surface area contributed by atoms with E-state index >= 15 is 0 Å². The zero-order chi connectivity index (χ0) is 13.2. The molecule has 2 nitrogen and oxygen atoms in total. The number of carbonyl (C=O) groups is 1. The quantitative estimate of drug-likeness (QED) is 0.619. The number of benzene rings is 1. The number of methoxy groups -OCH3 is 1. The number of ketones is 1. The van der Waals surface area contributed by atoms with E-state index in [1.807, 2.05) is 0 Å². The van der Waals surface area contributed by atoms with Crippen molar-refractivity contribution in [2.45, 2.75) is 6.18 Å². The van der Waals surface area contributed by atoms with Gasteiger partial charge in [-0.15, -0.1) is 0 Å². The molecule has 0 amide bonds. The van der Waals surface area contributed by atoms with Crippen molar-refractivity contribution in [3.8, 4) is 5.75 Å². The van der Waals surface area contributed by atoms with Crippen LogP contribution in [0.25, 0.3) is 0 Å². The fourth-order valence-electron chi connectivity index (χ4n) is 1.27. The van der Waals surface area contributed by atoms with Gasteiger partial charge in [0.25, 0.3) is 0 Å². The molecule has 0 aliphatic heterocycles. The first-order chi connectivity index (χ1) is 7.82. The van der Waals surface area contributed by atoms with Crippen LogP contribution in [0.5, 0.6) is 5.75 Å². The molecule has 0 N–H and O–H groups in total. The van der Waals surface area contributed by atoms with E-state index in [4.69, 9.17) is 16.3 Å². The van der Waals surface area contributed by atoms with Gasteiger partial charge < -0.3 is 4.74 Å². The molecule has 0 unspecified atom stereocenters. The van der Waals surface area contributed by atoms with Gasteiger partial charge in [-0.05, 0) is 12.1 Å². The molecule has 0 heterocycles. The molecule has 0 bridgehead atoms. The summed E-state index contributed by atoms with van der Waals surface area (Å²) < 4.78 is 42.6. The summed E-state index contributed by atoms with van der Waals surface area (Å²) in [6, 6.07) is 1.86. The second kappa shape index (κ2) is 5.27. The first kappa shape index (κ1) is 14.3. The van der Waals surface area contributed by atoms with Crippen LogP contribution in [0.4, 0.5) is 13.2 Å². The Morgan fingerprint density at radius 3 is 2.47 bits per heavy atom. The minimum Gasteiger partial charge on any atom is -0.496 e. The predicted octanol–water partition coefficient (Wildman–Crippen LogP) is 3.95. The number of carbonyl (C=O) groups excluding carboxylic acids is 1. The Bertz CT molecular complexity index is 446. The highest BCUT2D eigenvalue weighted by atomic mass is 79.9. The van der Waals surface area contributed by atoms with Crippen LogP contribution in [0.3, 0.4) is 0 Å². The average Bonchev–Trinajstić information content (AvgIpc) is 2.25. The van der Waals surface area contributed by atoms with Gasteiger partial charge in [0.15, 0.2) is 5.78 Å². The molecule has 1 rings (SSSR count). The monoisotopic (exact) mass is 330 g/mol. The molecular formula is C10H7BrClF3O2. The summed E-state index contributed by atoms with van der Waals surface area (Å²) >= 11 is 8.49. The Hall–Kier alpha value is -0.750. The maximum absolute atomic E-state index is 12.6. The van der Waals surface area contributed by atoms with Crippen molar-refractivity contribution < 1.29 is 22.7 Å². The summed E-state index contributed by atoms with van der Waals surface area (Å²) in [5.41, 5.74) is -1.31. The average molecular weight is 332 g/mol. The lowest BCUT2D eigenvalue weighted by atomic mass is 10.1. The van der Waals surface area contributed by atoms with Gasteiger partial charge in [0, 0.05) is 0 Å². The molecule has 0 aromatic heterocycles. The van der Waals surface area contributed by atoms with Gasteiger partial charge in [-0.2, -0.15) is 13.2 Å². The molecule has 7 heteroatoms. The number of hydrogen-bond donors (Lipinski definition) is 0. The van der Waals surface area contributed by atoms with Crippen molar-refractivity contribution in [3.05, 3.63) is 28.3 Å². The van der Waals surface area contributed by atoms with Crippen LogP contribution in [0.2, 0.25) is 5.02 Å². The maximum atomic E-state index is 12.6. The first-order valence-corrected chi connectivity index (χ1v) is 5.85. The second-order valence-electron chi connectivity index (χ2n) is 3.06. The molecule has 0 aliphatic rings. The molecule has 0 aliphatic carbocycles. The summed E-state index contributed by atoms with van der Waals surface area (Å²) in [5.74, 6) is -0.551. The van der Waals surface area contributed by atoms with Crippen LogP contribution < -0.4 is 4.74 Å². The molecule has 0 saturated carbocycles. The minimum absolute atomic E-state index is 0.0208. The van der Waals surface area contributed by atoms with E-state index in [0.717, 1.165) is 12.1 Å². The van der Waals surface area contributed by atoms with Crippen molar-refractivity contribution in [3.63, 3.8) is 0 Å². The summed E-state index contributed by atoms with van der Waals surface area (Å²) in [5, 5.41) is -0.772. The molecule has 1 aromatic carbocycles. The van der Waals surface area contributed by atoms with Gasteiger partial charge in [-0.25, -0.2) is 0 Å². The number of ether oxygens (including phenoxy) is 1. The van der Waals surface area contributed by atoms with E-state index in [2.05, 4.69) is 15.9 Å². The topological polar surface area (TPSA) is 26.3 Å². The summed E-state index contributed by atoms with van der Waals surface area (Å²) in [4.78, 5) is 11.5. The van der Waals surface area contributed by atoms with Crippen LogP contribution in [-0.2, 0) is 6.18 Å². The molecule has 0 radical (unpaired) electrons. The number of rotatable bonds is 3. The molecule has 17 heavy (non-hydrogen) atoms.